The third-order valence-electron chi connectivity index (χ3n) is 6.64. The molecule has 2 saturated heterocycles. The van der Waals surface area contributed by atoms with Crippen molar-refractivity contribution in [1.82, 2.24) is 9.80 Å². The molecule has 0 aliphatic carbocycles. The summed E-state index contributed by atoms with van der Waals surface area (Å²) in [5.41, 5.74) is 0.593. The lowest BCUT2D eigenvalue weighted by atomic mass is 9.87. The number of piperidine rings is 1. The highest BCUT2D eigenvalue weighted by Crippen LogP contribution is 2.39. The van der Waals surface area contributed by atoms with E-state index in [-0.39, 0.29) is 25.1 Å². The number of methoxy groups -OCH3 is 1. The zero-order valence-corrected chi connectivity index (χ0v) is 20.9. The highest BCUT2D eigenvalue weighted by atomic mass is 19.4. The van der Waals surface area contributed by atoms with E-state index < -0.39 is 24.4 Å². The van der Waals surface area contributed by atoms with E-state index in [0.29, 0.717) is 43.0 Å². The Morgan fingerprint density at radius 3 is 2.42 bits per heavy atom. The molecule has 2 aromatic rings. The third kappa shape index (κ3) is 6.31. The molecule has 2 aromatic carbocycles. The van der Waals surface area contributed by atoms with Crippen molar-refractivity contribution in [3.8, 4) is 11.5 Å². The van der Waals surface area contributed by atoms with Gasteiger partial charge in [-0.3, -0.25) is 9.69 Å². The molecule has 2 fully saturated rings. The Labute approximate surface area is 209 Å². The monoisotopic (exact) mass is 506 g/mol. The number of hydrogen-bond acceptors (Lipinski definition) is 5. The normalized spacial score (nSPS) is 20.5. The molecule has 4 rings (SSSR count). The maximum Gasteiger partial charge on any atom is 0.401 e. The van der Waals surface area contributed by atoms with E-state index in [2.05, 4.69) is 0 Å². The predicted molar refractivity (Wildman–Crippen MR) is 129 cm³/mol. The van der Waals surface area contributed by atoms with Gasteiger partial charge in [0, 0.05) is 31.7 Å². The first-order chi connectivity index (χ1) is 17.1. The van der Waals surface area contributed by atoms with E-state index in [0.717, 1.165) is 5.56 Å². The Kier molecular flexibility index (Phi) is 7.80. The van der Waals surface area contributed by atoms with Gasteiger partial charge in [0.1, 0.15) is 0 Å². The van der Waals surface area contributed by atoms with Gasteiger partial charge >= 0.3 is 6.18 Å². The Hall–Kier alpha value is -2.78. The van der Waals surface area contributed by atoms with Crippen LogP contribution in [0.15, 0.2) is 48.5 Å². The van der Waals surface area contributed by atoms with Crippen LogP contribution in [0.4, 0.5) is 13.2 Å². The van der Waals surface area contributed by atoms with Crippen molar-refractivity contribution in [3.63, 3.8) is 0 Å². The molecule has 36 heavy (non-hydrogen) atoms. The van der Waals surface area contributed by atoms with Crippen LogP contribution in [0.3, 0.4) is 0 Å². The fourth-order valence-electron chi connectivity index (χ4n) is 5.03. The molecule has 2 heterocycles. The topological polar surface area (TPSA) is 51.2 Å². The maximum atomic E-state index is 13.3. The van der Waals surface area contributed by atoms with Crippen LogP contribution < -0.4 is 9.47 Å². The summed E-state index contributed by atoms with van der Waals surface area (Å²) in [4.78, 5) is 16.4. The molecular formula is C27H33F3N2O4. The molecule has 1 unspecified atom stereocenters. The molecular weight excluding hydrogens is 473 g/mol. The van der Waals surface area contributed by atoms with Gasteiger partial charge in [-0.05, 0) is 50.5 Å². The maximum absolute atomic E-state index is 13.3. The second-order valence-corrected chi connectivity index (χ2v) is 9.81. The second kappa shape index (κ2) is 10.7. The molecule has 6 nitrogen and oxygen atoms in total. The zero-order chi connectivity index (χ0) is 25.9. The average Bonchev–Trinajstić information content (AvgIpc) is 2.83. The first-order valence-electron chi connectivity index (χ1n) is 12.2. The van der Waals surface area contributed by atoms with Crippen molar-refractivity contribution >= 4 is 5.91 Å². The van der Waals surface area contributed by atoms with Gasteiger partial charge in [-0.25, -0.2) is 0 Å². The van der Waals surface area contributed by atoms with Crippen molar-refractivity contribution in [2.45, 2.75) is 50.7 Å². The predicted octanol–water partition coefficient (Wildman–Crippen LogP) is 5.09. The van der Waals surface area contributed by atoms with Gasteiger partial charge in [0.2, 0.25) is 0 Å². The van der Waals surface area contributed by atoms with Crippen LogP contribution in [0.1, 0.15) is 48.7 Å². The lowest BCUT2D eigenvalue weighted by molar-refractivity contribution is -0.205. The van der Waals surface area contributed by atoms with Crippen LogP contribution in [0.2, 0.25) is 0 Å². The first kappa shape index (κ1) is 26.3. The van der Waals surface area contributed by atoms with Crippen LogP contribution in [0, 0.1) is 0 Å². The number of hydrogen-bond donors (Lipinski definition) is 0. The number of amides is 1. The van der Waals surface area contributed by atoms with Crippen molar-refractivity contribution < 1.29 is 32.2 Å². The number of carbonyl (C=O) groups excluding carboxylic acids is 1. The summed E-state index contributed by atoms with van der Waals surface area (Å²) in [7, 11) is 1.53. The highest BCUT2D eigenvalue weighted by molar-refractivity contribution is 5.95. The van der Waals surface area contributed by atoms with Gasteiger partial charge in [0.25, 0.3) is 5.91 Å². The van der Waals surface area contributed by atoms with E-state index in [1.165, 1.54) is 12.0 Å². The zero-order valence-electron chi connectivity index (χ0n) is 20.9. The van der Waals surface area contributed by atoms with Gasteiger partial charge in [-0.2, -0.15) is 13.2 Å². The number of likely N-dealkylation sites (tertiary alicyclic amines) is 1. The average molecular weight is 507 g/mol. The molecule has 0 bridgehead atoms. The van der Waals surface area contributed by atoms with E-state index >= 15 is 0 Å². The Bertz CT molecular complexity index is 1040. The van der Waals surface area contributed by atoms with Crippen LogP contribution in [0.25, 0.3) is 0 Å². The van der Waals surface area contributed by atoms with Gasteiger partial charge < -0.3 is 19.1 Å². The third-order valence-corrected chi connectivity index (χ3v) is 6.64. The summed E-state index contributed by atoms with van der Waals surface area (Å²) in [6.45, 7) is 4.00. The van der Waals surface area contributed by atoms with Crippen LogP contribution in [-0.4, -0.2) is 73.4 Å². The lowest BCUT2D eigenvalue weighted by Gasteiger charge is -2.50. The van der Waals surface area contributed by atoms with E-state index in [9.17, 15) is 18.0 Å². The smallest absolute Gasteiger partial charge is 0.401 e. The molecule has 196 valence electrons. The van der Waals surface area contributed by atoms with E-state index in [1.807, 2.05) is 44.2 Å². The minimum absolute atomic E-state index is 0.0362. The van der Waals surface area contributed by atoms with E-state index in [1.54, 1.807) is 23.1 Å². The molecule has 2 aliphatic heterocycles. The first-order valence-corrected chi connectivity index (χ1v) is 12.2. The number of nitrogens with zero attached hydrogens (tertiary/aromatic N) is 2. The number of alkyl halides is 3. The van der Waals surface area contributed by atoms with Crippen molar-refractivity contribution in [2.75, 3.05) is 39.8 Å². The number of ether oxygens (including phenoxy) is 3. The second-order valence-electron chi connectivity index (χ2n) is 9.81. The number of carbonyl (C=O) groups is 1. The quantitative estimate of drug-likeness (QED) is 0.546. The van der Waals surface area contributed by atoms with Crippen LogP contribution in [0.5, 0.6) is 11.5 Å². The summed E-state index contributed by atoms with van der Waals surface area (Å²) < 4.78 is 57.5. The van der Waals surface area contributed by atoms with Crippen LogP contribution in [-0.2, 0) is 4.74 Å². The van der Waals surface area contributed by atoms with Gasteiger partial charge in [0.05, 0.1) is 31.5 Å². The minimum Gasteiger partial charge on any atom is -0.493 e. The Morgan fingerprint density at radius 1 is 1.11 bits per heavy atom. The summed E-state index contributed by atoms with van der Waals surface area (Å²) in [5, 5.41) is 0. The molecule has 0 radical (unpaired) electrons. The molecule has 9 heteroatoms. The Balaban J connectivity index is 1.47. The lowest BCUT2D eigenvalue weighted by Crippen LogP contribution is -2.59. The number of benzene rings is 2. The summed E-state index contributed by atoms with van der Waals surface area (Å²) in [6.07, 6.45) is -3.86. The summed E-state index contributed by atoms with van der Waals surface area (Å²) in [5.74, 6) is 0.892. The standard InChI is InChI=1S/C27H33F3N2O4/c1-19(2)35-22-10-9-21(15-23(22)34-3)25(33)32-13-11-26(12-14-32)17-31(18-27(28,29)30)16-24(36-26)20-7-5-4-6-8-20/h4-10,15,19,24H,11-14,16-18H2,1-3H3. The van der Waals surface area contributed by atoms with Crippen molar-refractivity contribution in [2.24, 2.45) is 0 Å². The van der Waals surface area contributed by atoms with Crippen LogP contribution >= 0.6 is 0 Å². The fourth-order valence-corrected chi connectivity index (χ4v) is 5.03. The van der Waals surface area contributed by atoms with Crippen molar-refractivity contribution in [1.29, 1.82) is 0 Å². The minimum atomic E-state index is -4.29. The molecule has 1 spiro atoms. The summed E-state index contributed by atoms with van der Waals surface area (Å²) in [6, 6.07) is 14.5. The number of morpholine rings is 1. The van der Waals surface area contributed by atoms with Gasteiger partial charge in [-0.1, -0.05) is 30.3 Å². The molecule has 0 aromatic heterocycles. The highest BCUT2D eigenvalue weighted by Gasteiger charge is 2.46. The molecule has 1 atom stereocenters. The molecule has 0 N–H and O–H groups in total. The fraction of sp³-hybridized carbons (Fsp3) is 0.519. The molecule has 1 amide bonds. The SMILES string of the molecule is COc1cc(C(=O)N2CCC3(CC2)CN(CC(F)(F)F)CC(c2ccccc2)O3)ccc1OC(C)C. The molecule has 0 saturated carbocycles. The number of rotatable bonds is 6. The summed E-state index contributed by atoms with van der Waals surface area (Å²) >= 11 is 0. The van der Waals surface area contributed by atoms with Gasteiger partial charge in [-0.15, -0.1) is 0 Å². The number of halogens is 3. The van der Waals surface area contributed by atoms with Crippen molar-refractivity contribution in [3.05, 3.63) is 59.7 Å². The molecule has 2 aliphatic rings. The largest absolute Gasteiger partial charge is 0.493 e. The van der Waals surface area contributed by atoms with E-state index in [4.69, 9.17) is 14.2 Å². The Morgan fingerprint density at radius 2 is 1.81 bits per heavy atom. The van der Waals surface area contributed by atoms with Gasteiger partial charge in [0.15, 0.2) is 11.5 Å².